The van der Waals surface area contributed by atoms with Gasteiger partial charge in [0.25, 0.3) is 0 Å². The second-order valence-electron chi connectivity index (χ2n) is 3.56. The summed E-state index contributed by atoms with van der Waals surface area (Å²) in [4.78, 5) is 12.6. The molecule has 1 aromatic heterocycles. The van der Waals surface area contributed by atoms with Gasteiger partial charge in [-0.2, -0.15) is 5.26 Å². The zero-order chi connectivity index (χ0) is 13.0. The van der Waals surface area contributed by atoms with Crippen molar-refractivity contribution in [1.29, 1.82) is 5.26 Å². The van der Waals surface area contributed by atoms with Crippen molar-refractivity contribution in [2.45, 2.75) is 13.3 Å². The van der Waals surface area contributed by atoms with Crippen molar-refractivity contribution in [2.24, 2.45) is 0 Å². The van der Waals surface area contributed by atoms with E-state index < -0.39 is 0 Å². The molecule has 0 radical (unpaired) electrons. The van der Waals surface area contributed by atoms with Crippen LogP contribution in [-0.2, 0) is 4.79 Å². The number of hydrogen-bond donors (Lipinski definition) is 1. The van der Waals surface area contributed by atoms with Crippen molar-refractivity contribution < 1.29 is 4.79 Å². The summed E-state index contributed by atoms with van der Waals surface area (Å²) >= 11 is 0. The van der Waals surface area contributed by atoms with E-state index >= 15 is 0 Å². The van der Waals surface area contributed by atoms with Crippen LogP contribution in [0.4, 0.5) is 5.69 Å². The van der Waals surface area contributed by atoms with Crippen molar-refractivity contribution in [2.75, 3.05) is 5.32 Å². The largest absolute Gasteiger partial charge is 0.325 e. The van der Waals surface area contributed by atoms with Crippen LogP contribution in [0.3, 0.4) is 0 Å². The van der Waals surface area contributed by atoms with E-state index in [1.807, 2.05) is 0 Å². The Morgan fingerprint density at radius 1 is 1.44 bits per heavy atom. The molecule has 7 nitrogen and oxygen atoms in total. The van der Waals surface area contributed by atoms with Gasteiger partial charge in [-0.05, 0) is 36.4 Å². The predicted molar refractivity (Wildman–Crippen MR) is 62.8 cm³/mol. The average molecular weight is 242 g/mol. The number of aryl methyl sites for hydroxylation is 1. The third-order valence-electron chi connectivity index (χ3n) is 2.14. The fraction of sp³-hybridized carbons (Fsp3) is 0.182. The molecule has 1 aromatic carbocycles. The highest BCUT2D eigenvalue weighted by molar-refractivity contribution is 5.92. The molecule has 0 unspecified atom stereocenters. The maximum absolute atomic E-state index is 11.2. The summed E-state index contributed by atoms with van der Waals surface area (Å²) in [6.45, 7) is 1.75. The van der Waals surface area contributed by atoms with Gasteiger partial charge in [-0.1, -0.05) is 0 Å². The van der Waals surface area contributed by atoms with Crippen LogP contribution in [0.2, 0.25) is 0 Å². The SMILES string of the molecule is Cc1nnn(-c2ccc(NC(=O)CC#N)cc2)n1. The van der Waals surface area contributed by atoms with Crippen LogP contribution in [0.5, 0.6) is 0 Å². The molecule has 2 aromatic rings. The standard InChI is InChI=1S/C11H10N6O/c1-8-14-16-17(15-8)10-4-2-9(3-5-10)13-11(18)6-7-12/h2-5H,6H2,1H3,(H,13,18). The molecule has 0 aliphatic rings. The minimum Gasteiger partial charge on any atom is -0.325 e. The maximum Gasteiger partial charge on any atom is 0.238 e. The number of anilines is 1. The highest BCUT2D eigenvalue weighted by Crippen LogP contribution is 2.11. The Bertz CT molecular complexity index is 595. The average Bonchev–Trinajstić information content (AvgIpc) is 2.77. The van der Waals surface area contributed by atoms with Gasteiger partial charge in [0.05, 0.1) is 11.8 Å². The van der Waals surface area contributed by atoms with Crippen LogP contribution >= 0.6 is 0 Å². The summed E-state index contributed by atoms with van der Waals surface area (Å²) in [5.74, 6) is 0.251. The van der Waals surface area contributed by atoms with E-state index in [-0.39, 0.29) is 12.3 Å². The lowest BCUT2D eigenvalue weighted by molar-refractivity contribution is -0.115. The van der Waals surface area contributed by atoms with Crippen LogP contribution in [0, 0.1) is 18.3 Å². The molecule has 0 spiro atoms. The van der Waals surface area contributed by atoms with Crippen LogP contribution in [-0.4, -0.2) is 26.1 Å². The van der Waals surface area contributed by atoms with Crippen molar-refractivity contribution in [3.8, 4) is 11.8 Å². The molecule has 0 aliphatic carbocycles. The molecule has 1 heterocycles. The number of tetrazole rings is 1. The number of hydrogen-bond acceptors (Lipinski definition) is 5. The first kappa shape index (κ1) is 11.7. The van der Waals surface area contributed by atoms with Gasteiger partial charge in [0.15, 0.2) is 5.82 Å². The highest BCUT2D eigenvalue weighted by Gasteiger charge is 2.03. The summed E-state index contributed by atoms with van der Waals surface area (Å²) in [6, 6.07) is 8.71. The quantitative estimate of drug-likeness (QED) is 0.859. The molecule has 1 N–H and O–H groups in total. The summed E-state index contributed by atoms with van der Waals surface area (Å²) in [5.41, 5.74) is 1.37. The van der Waals surface area contributed by atoms with E-state index in [1.54, 1.807) is 37.3 Å². The molecular weight excluding hydrogens is 232 g/mol. The molecule has 2 rings (SSSR count). The zero-order valence-corrected chi connectivity index (χ0v) is 9.66. The normalized spacial score (nSPS) is 9.78. The van der Waals surface area contributed by atoms with Gasteiger partial charge in [-0.3, -0.25) is 4.79 Å². The van der Waals surface area contributed by atoms with E-state index in [9.17, 15) is 4.79 Å². The third-order valence-corrected chi connectivity index (χ3v) is 2.14. The first-order chi connectivity index (χ1) is 8.69. The number of nitrogens with zero attached hydrogens (tertiary/aromatic N) is 5. The van der Waals surface area contributed by atoms with Gasteiger partial charge in [-0.25, -0.2) is 0 Å². The predicted octanol–water partition coefficient (Wildman–Crippen LogP) is 0.823. The molecular formula is C11H10N6O. The Labute approximate surface area is 103 Å². The fourth-order valence-electron chi connectivity index (χ4n) is 1.35. The number of nitrogens with one attached hydrogen (secondary N) is 1. The van der Waals surface area contributed by atoms with Gasteiger partial charge in [0.1, 0.15) is 6.42 Å². The molecule has 7 heteroatoms. The lowest BCUT2D eigenvalue weighted by Gasteiger charge is -2.03. The number of benzene rings is 1. The number of aromatic nitrogens is 4. The molecule has 18 heavy (non-hydrogen) atoms. The molecule has 0 saturated heterocycles. The Kier molecular flexibility index (Phi) is 3.29. The Balaban J connectivity index is 2.11. The number of carbonyl (C=O) groups is 1. The molecule has 0 bridgehead atoms. The monoisotopic (exact) mass is 242 g/mol. The molecule has 0 saturated carbocycles. The van der Waals surface area contributed by atoms with Crippen molar-refractivity contribution in [1.82, 2.24) is 20.2 Å². The second-order valence-corrected chi connectivity index (χ2v) is 3.56. The first-order valence-corrected chi connectivity index (χ1v) is 5.23. The Hall–Kier alpha value is -2.75. The van der Waals surface area contributed by atoms with Crippen LogP contribution in [0.1, 0.15) is 12.2 Å². The number of carbonyl (C=O) groups excluding carboxylic acids is 1. The maximum atomic E-state index is 11.2. The summed E-state index contributed by atoms with van der Waals surface area (Å²) < 4.78 is 0. The van der Waals surface area contributed by atoms with Gasteiger partial charge in [-0.15, -0.1) is 15.0 Å². The highest BCUT2D eigenvalue weighted by atomic mass is 16.1. The summed E-state index contributed by atoms with van der Waals surface area (Å²) in [5, 5.41) is 22.7. The van der Waals surface area contributed by atoms with E-state index in [0.717, 1.165) is 5.69 Å². The minimum absolute atomic E-state index is 0.161. The van der Waals surface area contributed by atoms with E-state index in [2.05, 4.69) is 20.7 Å². The van der Waals surface area contributed by atoms with Gasteiger partial charge >= 0.3 is 0 Å². The molecule has 90 valence electrons. The molecule has 0 atom stereocenters. The smallest absolute Gasteiger partial charge is 0.238 e. The summed E-state index contributed by atoms with van der Waals surface area (Å²) in [6.07, 6.45) is -0.161. The lowest BCUT2D eigenvalue weighted by atomic mass is 10.3. The zero-order valence-electron chi connectivity index (χ0n) is 9.66. The second kappa shape index (κ2) is 5.05. The molecule has 0 fully saturated rings. The number of rotatable bonds is 3. The minimum atomic E-state index is -0.333. The van der Waals surface area contributed by atoms with Crippen molar-refractivity contribution in [3.05, 3.63) is 30.1 Å². The van der Waals surface area contributed by atoms with Gasteiger partial charge in [0, 0.05) is 5.69 Å². The van der Waals surface area contributed by atoms with E-state index in [1.165, 1.54) is 4.80 Å². The van der Waals surface area contributed by atoms with Crippen molar-refractivity contribution >= 4 is 11.6 Å². The Morgan fingerprint density at radius 2 is 2.17 bits per heavy atom. The van der Waals surface area contributed by atoms with Crippen molar-refractivity contribution in [3.63, 3.8) is 0 Å². The number of amides is 1. The van der Waals surface area contributed by atoms with Gasteiger partial charge in [0.2, 0.25) is 5.91 Å². The van der Waals surface area contributed by atoms with E-state index in [4.69, 9.17) is 5.26 Å². The molecule has 1 amide bonds. The summed E-state index contributed by atoms with van der Waals surface area (Å²) in [7, 11) is 0. The third kappa shape index (κ3) is 2.68. The topological polar surface area (TPSA) is 96.5 Å². The number of nitriles is 1. The molecule has 0 aliphatic heterocycles. The fourth-order valence-corrected chi connectivity index (χ4v) is 1.35. The van der Waals surface area contributed by atoms with Crippen LogP contribution in [0.25, 0.3) is 5.69 Å². The Morgan fingerprint density at radius 3 is 2.72 bits per heavy atom. The first-order valence-electron chi connectivity index (χ1n) is 5.23. The van der Waals surface area contributed by atoms with E-state index in [0.29, 0.717) is 11.5 Å². The van der Waals surface area contributed by atoms with Crippen LogP contribution in [0.15, 0.2) is 24.3 Å². The lowest BCUT2D eigenvalue weighted by Crippen LogP contribution is -2.10. The van der Waals surface area contributed by atoms with Crippen LogP contribution < -0.4 is 5.32 Å². The van der Waals surface area contributed by atoms with Gasteiger partial charge < -0.3 is 5.32 Å².